The van der Waals surface area contributed by atoms with Crippen LogP contribution in [0.3, 0.4) is 0 Å². The van der Waals surface area contributed by atoms with Crippen molar-refractivity contribution in [2.24, 2.45) is 0 Å². The lowest BCUT2D eigenvalue weighted by Gasteiger charge is -2.21. The summed E-state index contributed by atoms with van der Waals surface area (Å²) in [5.74, 6) is -0.371. The largest absolute Gasteiger partial charge is 0.386 e. The van der Waals surface area contributed by atoms with Gasteiger partial charge in [0.2, 0.25) is 0 Å². The smallest absolute Gasteiger partial charge is 0.319 e. The number of fused-ring (bicyclic) bond motifs is 1. The van der Waals surface area contributed by atoms with E-state index in [1.165, 1.54) is 24.3 Å². The van der Waals surface area contributed by atoms with Crippen LogP contribution in [0.5, 0.6) is 0 Å². The van der Waals surface area contributed by atoms with Crippen LogP contribution in [-0.4, -0.2) is 22.2 Å². The van der Waals surface area contributed by atoms with Crippen LogP contribution in [-0.2, 0) is 0 Å². The van der Waals surface area contributed by atoms with Gasteiger partial charge >= 0.3 is 6.03 Å². The lowest BCUT2D eigenvalue weighted by atomic mass is 10.0. The molecule has 0 radical (unpaired) electrons. The second-order valence-corrected chi connectivity index (χ2v) is 5.66. The number of H-pyrrole nitrogens is 1. The molecule has 0 spiro atoms. The maximum atomic E-state index is 12.9. The molecular formula is C18H18FN3O2. The summed E-state index contributed by atoms with van der Waals surface area (Å²) in [6.45, 7) is 1.68. The van der Waals surface area contributed by atoms with E-state index in [0.717, 1.165) is 10.9 Å². The summed E-state index contributed by atoms with van der Waals surface area (Å²) < 4.78 is 12.9. The highest BCUT2D eigenvalue weighted by atomic mass is 19.1. The molecule has 2 amide bonds. The third-order valence-corrected chi connectivity index (χ3v) is 3.86. The molecule has 0 aliphatic rings. The third kappa shape index (κ3) is 3.55. The van der Waals surface area contributed by atoms with Crippen molar-refractivity contribution in [1.29, 1.82) is 0 Å². The van der Waals surface area contributed by atoms with Crippen LogP contribution in [0.1, 0.15) is 18.6 Å². The number of urea groups is 1. The van der Waals surface area contributed by atoms with E-state index < -0.39 is 18.2 Å². The number of benzene rings is 2. The van der Waals surface area contributed by atoms with Gasteiger partial charge in [0, 0.05) is 22.8 Å². The van der Waals surface area contributed by atoms with Gasteiger partial charge in [-0.1, -0.05) is 12.1 Å². The summed E-state index contributed by atoms with van der Waals surface area (Å²) in [5.41, 5.74) is 2.18. The molecule has 1 aromatic heterocycles. The molecule has 0 aliphatic carbocycles. The van der Waals surface area contributed by atoms with Crippen molar-refractivity contribution in [3.05, 3.63) is 66.1 Å². The highest BCUT2D eigenvalue weighted by Crippen LogP contribution is 2.19. The van der Waals surface area contributed by atoms with E-state index in [1.807, 2.05) is 24.4 Å². The molecule has 0 saturated carbocycles. The summed E-state index contributed by atoms with van der Waals surface area (Å²) in [7, 11) is 0. The quantitative estimate of drug-likeness (QED) is 0.591. The van der Waals surface area contributed by atoms with Crippen LogP contribution in [0, 0.1) is 5.82 Å². The van der Waals surface area contributed by atoms with Gasteiger partial charge < -0.3 is 20.7 Å². The first kappa shape index (κ1) is 16.0. The van der Waals surface area contributed by atoms with E-state index in [0.29, 0.717) is 11.3 Å². The standard InChI is InChI=1S/C18H18FN3O2/c1-11(17(23)12-2-4-14(19)5-3-12)21-18(24)22-15-6-7-16-13(10-15)8-9-20-16/h2-11,17,20,23H,1H3,(H2,21,22,24). The van der Waals surface area contributed by atoms with E-state index in [-0.39, 0.29) is 5.82 Å². The first-order chi connectivity index (χ1) is 11.5. The van der Waals surface area contributed by atoms with Crippen molar-refractivity contribution >= 4 is 22.6 Å². The molecule has 1 heterocycles. The molecule has 0 fully saturated rings. The molecule has 0 bridgehead atoms. The maximum Gasteiger partial charge on any atom is 0.319 e. The molecule has 124 valence electrons. The minimum absolute atomic E-state index is 0.371. The molecule has 2 aromatic carbocycles. The van der Waals surface area contributed by atoms with Gasteiger partial charge in [-0.2, -0.15) is 0 Å². The summed E-state index contributed by atoms with van der Waals surface area (Å²) in [6.07, 6.45) is 0.902. The number of hydrogen-bond donors (Lipinski definition) is 4. The molecule has 0 aliphatic heterocycles. The van der Waals surface area contributed by atoms with Crippen LogP contribution in [0.25, 0.3) is 10.9 Å². The molecule has 2 unspecified atom stereocenters. The van der Waals surface area contributed by atoms with Gasteiger partial charge in [0.05, 0.1) is 12.1 Å². The van der Waals surface area contributed by atoms with Gasteiger partial charge in [0.15, 0.2) is 0 Å². The second-order valence-electron chi connectivity index (χ2n) is 5.66. The Morgan fingerprint density at radius 1 is 1.17 bits per heavy atom. The molecule has 3 aromatic rings. The number of hydrogen-bond acceptors (Lipinski definition) is 2. The van der Waals surface area contributed by atoms with Crippen molar-refractivity contribution in [2.45, 2.75) is 19.1 Å². The van der Waals surface area contributed by atoms with Gasteiger partial charge in [-0.05, 0) is 48.9 Å². The lowest BCUT2D eigenvalue weighted by molar-refractivity contribution is 0.139. The van der Waals surface area contributed by atoms with Gasteiger partial charge in [-0.15, -0.1) is 0 Å². The Hall–Kier alpha value is -2.86. The SMILES string of the molecule is CC(NC(=O)Nc1ccc2[nH]ccc2c1)C(O)c1ccc(F)cc1. The summed E-state index contributed by atoms with van der Waals surface area (Å²) >= 11 is 0. The molecule has 3 rings (SSSR count). The number of nitrogens with one attached hydrogen (secondary N) is 3. The number of carbonyl (C=O) groups is 1. The van der Waals surface area contributed by atoms with Crippen LogP contribution in [0.2, 0.25) is 0 Å². The molecule has 5 nitrogen and oxygen atoms in total. The summed E-state index contributed by atoms with van der Waals surface area (Å²) in [6, 6.07) is 12.0. The Kier molecular flexibility index (Phi) is 4.48. The number of anilines is 1. The maximum absolute atomic E-state index is 12.9. The number of aliphatic hydroxyl groups excluding tert-OH is 1. The van der Waals surface area contributed by atoms with E-state index in [9.17, 15) is 14.3 Å². The Labute approximate surface area is 138 Å². The first-order valence-corrected chi connectivity index (χ1v) is 7.61. The van der Waals surface area contributed by atoms with Crippen molar-refractivity contribution in [2.75, 3.05) is 5.32 Å². The van der Waals surface area contributed by atoms with Crippen LogP contribution >= 0.6 is 0 Å². The van der Waals surface area contributed by atoms with Gasteiger partial charge in [-0.25, -0.2) is 9.18 Å². The molecule has 2 atom stereocenters. The fourth-order valence-corrected chi connectivity index (χ4v) is 2.53. The topological polar surface area (TPSA) is 77.2 Å². The fourth-order valence-electron chi connectivity index (χ4n) is 2.53. The number of aromatic nitrogens is 1. The van der Waals surface area contributed by atoms with Crippen molar-refractivity contribution in [1.82, 2.24) is 10.3 Å². The van der Waals surface area contributed by atoms with Crippen molar-refractivity contribution in [3.63, 3.8) is 0 Å². The zero-order valence-corrected chi connectivity index (χ0v) is 13.1. The molecule has 4 N–H and O–H groups in total. The van der Waals surface area contributed by atoms with Gasteiger partial charge in [0.1, 0.15) is 5.82 Å². The Bertz CT molecular complexity index is 845. The van der Waals surface area contributed by atoms with Crippen molar-refractivity contribution < 1.29 is 14.3 Å². The number of halogens is 1. The minimum atomic E-state index is -0.927. The van der Waals surface area contributed by atoms with Crippen LogP contribution < -0.4 is 10.6 Å². The molecule has 0 saturated heterocycles. The molecule has 24 heavy (non-hydrogen) atoms. The van der Waals surface area contributed by atoms with E-state index in [4.69, 9.17) is 0 Å². The highest BCUT2D eigenvalue weighted by molar-refractivity contribution is 5.92. The van der Waals surface area contributed by atoms with Gasteiger partial charge in [-0.3, -0.25) is 0 Å². The molecule has 6 heteroatoms. The second kappa shape index (κ2) is 6.72. The zero-order valence-electron chi connectivity index (χ0n) is 13.1. The number of aromatic amines is 1. The Balaban J connectivity index is 1.61. The normalized spacial score (nSPS) is 13.5. The number of aliphatic hydroxyl groups is 1. The van der Waals surface area contributed by atoms with Gasteiger partial charge in [0.25, 0.3) is 0 Å². The average molecular weight is 327 g/mol. The number of carbonyl (C=O) groups excluding carboxylic acids is 1. The summed E-state index contributed by atoms with van der Waals surface area (Å²) in [5, 5.41) is 16.6. The predicted molar refractivity (Wildman–Crippen MR) is 91.3 cm³/mol. The van der Waals surface area contributed by atoms with E-state index in [1.54, 1.807) is 13.0 Å². The van der Waals surface area contributed by atoms with Crippen LogP contribution in [0.4, 0.5) is 14.9 Å². The summed E-state index contributed by atoms with van der Waals surface area (Å²) in [4.78, 5) is 15.2. The molecular weight excluding hydrogens is 309 g/mol. The Morgan fingerprint density at radius 2 is 1.92 bits per heavy atom. The fraction of sp³-hybridized carbons (Fsp3) is 0.167. The highest BCUT2D eigenvalue weighted by Gasteiger charge is 2.18. The number of rotatable bonds is 4. The third-order valence-electron chi connectivity index (χ3n) is 3.86. The first-order valence-electron chi connectivity index (χ1n) is 7.61. The zero-order chi connectivity index (χ0) is 17.1. The van der Waals surface area contributed by atoms with E-state index in [2.05, 4.69) is 15.6 Å². The monoisotopic (exact) mass is 327 g/mol. The number of amides is 2. The van der Waals surface area contributed by atoms with Crippen molar-refractivity contribution in [3.8, 4) is 0 Å². The minimum Gasteiger partial charge on any atom is -0.386 e. The average Bonchev–Trinajstić information content (AvgIpc) is 3.02. The Morgan fingerprint density at radius 3 is 2.67 bits per heavy atom. The van der Waals surface area contributed by atoms with Crippen LogP contribution in [0.15, 0.2) is 54.7 Å². The predicted octanol–water partition coefficient (Wildman–Crippen LogP) is 3.55. The lowest BCUT2D eigenvalue weighted by Crippen LogP contribution is -2.39. The van der Waals surface area contributed by atoms with E-state index >= 15 is 0 Å².